The van der Waals surface area contributed by atoms with Crippen LogP contribution in [0.2, 0.25) is 0 Å². The van der Waals surface area contributed by atoms with E-state index in [0.717, 1.165) is 51.5 Å². The van der Waals surface area contributed by atoms with Crippen LogP contribution < -0.4 is 10.6 Å². The number of piperidine rings is 1. The maximum Gasteiger partial charge on any atom is 0.248 e. The van der Waals surface area contributed by atoms with Crippen molar-refractivity contribution in [2.75, 3.05) is 26.2 Å². The van der Waals surface area contributed by atoms with E-state index in [2.05, 4.69) is 20.6 Å². The number of aromatic nitrogens is 2. The van der Waals surface area contributed by atoms with Crippen molar-refractivity contribution < 1.29 is 4.79 Å². The summed E-state index contributed by atoms with van der Waals surface area (Å²) in [6, 6.07) is 3.00. The van der Waals surface area contributed by atoms with Crippen molar-refractivity contribution in [1.29, 1.82) is 0 Å². The summed E-state index contributed by atoms with van der Waals surface area (Å²) in [4.78, 5) is 15.6. The highest BCUT2D eigenvalue weighted by Gasteiger charge is 2.43. The van der Waals surface area contributed by atoms with Crippen molar-refractivity contribution in [3.63, 3.8) is 0 Å². The van der Waals surface area contributed by atoms with Crippen molar-refractivity contribution in [2.45, 2.75) is 49.7 Å². The topological polar surface area (TPSA) is 62.2 Å². The standard InChI is InChI=1S/C16H25N5O/c22-15(19-13-4-11-20(12-13)14-2-3-14)16(5-8-17-9-6-16)21-10-1-7-18-21/h1,7,10,13-14,17H,2-6,8-9,11-12H2,(H,19,22). The maximum atomic E-state index is 13.0. The van der Waals surface area contributed by atoms with Crippen molar-refractivity contribution in [3.8, 4) is 0 Å². The molecule has 1 saturated carbocycles. The third-order valence-electron chi connectivity index (χ3n) is 5.41. The summed E-state index contributed by atoms with van der Waals surface area (Å²) in [5.41, 5.74) is -0.512. The molecule has 0 radical (unpaired) electrons. The molecular formula is C16H25N5O. The van der Waals surface area contributed by atoms with Crippen LogP contribution in [0.5, 0.6) is 0 Å². The first kappa shape index (κ1) is 14.2. The van der Waals surface area contributed by atoms with Gasteiger partial charge in [-0.2, -0.15) is 5.10 Å². The van der Waals surface area contributed by atoms with Gasteiger partial charge in [0.1, 0.15) is 5.54 Å². The molecule has 4 rings (SSSR count). The zero-order valence-corrected chi connectivity index (χ0v) is 13.0. The number of nitrogens with one attached hydrogen (secondary N) is 2. The van der Waals surface area contributed by atoms with Gasteiger partial charge in [0.05, 0.1) is 0 Å². The summed E-state index contributed by atoms with van der Waals surface area (Å²) >= 11 is 0. The number of carbonyl (C=O) groups excluding carboxylic acids is 1. The fourth-order valence-electron chi connectivity index (χ4n) is 3.92. The van der Waals surface area contributed by atoms with E-state index in [0.29, 0.717) is 6.04 Å². The molecule has 2 aliphatic heterocycles. The number of carbonyl (C=O) groups is 1. The summed E-state index contributed by atoms with van der Waals surface area (Å²) in [6.45, 7) is 3.88. The molecule has 0 spiro atoms. The van der Waals surface area contributed by atoms with Crippen molar-refractivity contribution >= 4 is 5.91 Å². The van der Waals surface area contributed by atoms with Crippen LogP contribution in [0.25, 0.3) is 0 Å². The summed E-state index contributed by atoms with van der Waals surface area (Å²) < 4.78 is 1.87. The Bertz CT molecular complexity index is 519. The van der Waals surface area contributed by atoms with E-state index in [4.69, 9.17) is 0 Å². The van der Waals surface area contributed by atoms with Crippen molar-refractivity contribution in [1.82, 2.24) is 25.3 Å². The number of amides is 1. The number of likely N-dealkylation sites (tertiary alicyclic amines) is 1. The number of nitrogens with zero attached hydrogens (tertiary/aromatic N) is 3. The molecular weight excluding hydrogens is 278 g/mol. The molecule has 0 bridgehead atoms. The van der Waals surface area contributed by atoms with Gasteiger partial charge >= 0.3 is 0 Å². The molecule has 120 valence electrons. The molecule has 3 aliphatic rings. The molecule has 1 atom stereocenters. The van der Waals surface area contributed by atoms with Gasteiger partial charge in [-0.05, 0) is 51.3 Å². The molecule has 1 unspecified atom stereocenters. The van der Waals surface area contributed by atoms with Crippen LogP contribution in [-0.4, -0.2) is 58.9 Å². The lowest BCUT2D eigenvalue weighted by Gasteiger charge is -2.37. The first-order valence-electron chi connectivity index (χ1n) is 8.54. The monoisotopic (exact) mass is 303 g/mol. The third kappa shape index (κ3) is 2.54. The lowest BCUT2D eigenvalue weighted by molar-refractivity contribution is -0.132. The first-order valence-corrected chi connectivity index (χ1v) is 8.54. The molecule has 2 saturated heterocycles. The van der Waals surface area contributed by atoms with Crippen LogP contribution in [0.3, 0.4) is 0 Å². The summed E-state index contributed by atoms with van der Waals surface area (Å²) in [5.74, 6) is 0.153. The van der Waals surface area contributed by atoms with E-state index in [9.17, 15) is 4.79 Å². The van der Waals surface area contributed by atoms with E-state index in [-0.39, 0.29) is 5.91 Å². The molecule has 6 nitrogen and oxygen atoms in total. The van der Waals surface area contributed by atoms with Crippen LogP contribution in [0.1, 0.15) is 32.1 Å². The molecule has 0 aromatic carbocycles. The van der Waals surface area contributed by atoms with E-state index in [1.54, 1.807) is 6.20 Å². The fraction of sp³-hybridized carbons (Fsp3) is 0.750. The Hall–Kier alpha value is -1.40. The Morgan fingerprint density at radius 3 is 2.77 bits per heavy atom. The predicted octanol–water partition coefficient (Wildman–Crippen LogP) is 0.315. The molecule has 1 aromatic heterocycles. The smallest absolute Gasteiger partial charge is 0.248 e. The zero-order chi connectivity index (χ0) is 15.0. The minimum atomic E-state index is -0.512. The van der Waals surface area contributed by atoms with Gasteiger partial charge in [-0.25, -0.2) is 0 Å². The molecule has 1 amide bonds. The molecule has 3 heterocycles. The molecule has 1 aromatic rings. The molecule has 3 fully saturated rings. The SMILES string of the molecule is O=C(NC1CCN(C2CC2)C1)C1(n2cccn2)CCNCC1. The average Bonchev–Trinajstić information content (AvgIpc) is 3.05. The highest BCUT2D eigenvalue weighted by atomic mass is 16.2. The minimum Gasteiger partial charge on any atom is -0.350 e. The summed E-state index contributed by atoms with van der Waals surface area (Å²) in [7, 11) is 0. The van der Waals surface area contributed by atoms with E-state index in [1.165, 1.54) is 12.8 Å². The second kappa shape index (κ2) is 5.66. The van der Waals surface area contributed by atoms with Crippen LogP contribution in [0, 0.1) is 0 Å². The van der Waals surface area contributed by atoms with Gasteiger partial charge in [0, 0.05) is 37.6 Å². The largest absolute Gasteiger partial charge is 0.350 e. The zero-order valence-electron chi connectivity index (χ0n) is 13.0. The number of hydrogen-bond acceptors (Lipinski definition) is 4. The van der Waals surface area contributed by atoms with Gasteiger partial charge in [-0.1, -0.05) is 0 Å². The molecule has 22 heavy (non-hydrogen) atoms. The number of rotatable bonds is 4. The summed E-state index contributed by atoms with van der Waals surface area (Å²) in [5, 5.41) is 11.1. The normalized spacial score (nSPS) is 28.6. The van der Waals surface area contributed by atoms with Gasteiger partial charge in [0.25, 0.3) is 0 Å². The third-order valence-corrected chi connectivity index (χ3v) is 5.41. The predicted molar refractivity (Wildman–Crippen MR) is 83.4 cm³/mol. The second-order valence-electron chi connectivity index (χ2n) is 6.92. The molecule has 6 heteroatoms. The minimum absolute atomic E-state index is 0.153. The van der Waals surface area contributed by atoms with E-state index >= 15 is 0 Å². The Morgan fingerprint density at radius 1 is 1.27 bits per heavy atom. The lowest BCUT2D eigenvalue weighted by Crippen LogP contribution is -2.56. The van der Waals surface area contributed by atoms with Crippen molar-refractivity contribution in [2.24, 2.45) is 0 Å². The van der Waals surface area contributed by atoms with Crippen LogP contribution in [0.15, 0.2) is 18.5 Å². The highest BCUT2D eigenvalue weighted by Crippen LogP contribution is 2.31. The Balaban J connectivity index is 1.46. The van der Waals surface area contributed by atoms with Gasteiger partial charge in [-0.15, -0.1) is 0 Å². The van der Waals surface area contributed by atoms with Gasteiger partial charge < -0.3 is 10.6 Å². The van der Waals surface area contributed by atoms with Gasteiger partial charge in [-0.3, -0.25) is 14.4 Å². The molecule has 2 N–H and O–H groups in total. The maximum absolute atomic E-state index is 13.0. The quantitative estimate of drug-likeness (QED) is 0.841. The summed E-state index contributed by atoms with van der Waals surface area (Å²) in [6.07, 6.45) is 9.06. The van der Waals surface area contributed by atoms with E-state index < -0.39 is 5.54 Å². The van der Waals surface area contributed by atoms with Crippen molar-refractivity contribution in [3.05, 3.63) is 18.5 Å². The average molecular weight is 303 g/mol. The van der Waals surface area contributed by atoms with Crippen LogP contribution >= 0.6 is 0 Å². The number of hydrogen-bond donors (Lipinski definition) is 2. The van der Waals surface area contributed by atoms with Crippen LogP contribution in [-0.2, 0) is 10.3 Å². The van der Waals surface area contributed by atoms with E-state index in [1.807, 2.05) is 16.9 Å². The van der Waals surface area contributed by atoms with Gasteiger partial charge in [0.15, 0.2) is 0 Å². The Kier molecular flexibility index (Phi) is 3.66. The first-order chi connectivity index (χ1) is 10.8. The van der Waals surface area contributed by atoms with Crippen LogP contribution in [0.4, 0.5) is 0 Å². The molecule has 1 aliphatic carbocycles. The highest BCUT2D eigenvalue weighted by molar-refractivity contribution is 5.84. The Morgan fingerprint density at radius 2 is 2.09 bits per heavy atom. The lowest BCUT2D eigenvalue weighted by atomic mass is 9.87. The second-order valence-corrected chi connectivity index (χ2v) is 6.92. The Labute approximate surface area is 131 Å². The fourth-order valence-corrected chi connectivity index (χ4v) is 3.92. The van der Waals surface area contributed by atoms with Gasteiger partial charge in [0.2, 0.25) is 5.91 Å².